The number of para-hydroxylation sites is 1. The topological polar surface area (TPSA) is 70.6 Å². The Morgan fingerprint density at radius 1 is 1.39 bits per heavy atom. The van der Waals surface area contributed by atoms with E-state index in [2.05, 4.69) is 10.6 Å². The first-order chi connectivity index (χ1) is 8.65. The molecule has 1 unspecified atom stereocenters. The van der Waals surface area contributed by atoms with E-state index in [9.17, 15) is 4.79 Å². The predicted molar refractivity (Wildman–Crippen MR) is 69.9 cm³/mol. The maximum atomic E-state index is 11.9. The van der Waals surface area contributed by atoms with Crippen LogP contribution in [-0.4, -0.2) is 43.9 Å². The lowest BCUT2D eigenvalue weighted by atomic mass is 10.2. The number of benzene rings is 1. The number of rotatable bonds is 7. The third kappa shape index (κ3) is 4.73. The molecule has 1 amide bonds. The zero-order valence-corrected chi connectivity index (χ0v) is 10.8. The largest absolute Gasteiger partial charge is 0.496 e. The summed E-state index contributed by atoms with van der Waals surface area (Å²) in [5.74, 6) is 0.401. The van der Waals surface area contributed by atoms with Crippen molar-refractivity contribution in [2.45, 2.75) is 13.0 Å². The molecule has 3 N–H and O–H groups in total. The van der Waals surface area contributed by atoms with Gasteiger partial charge in [0.05, 0.1) is 18.8 Å². The first-order valence-corrected chi connectivity index (χ1v) is 5.95. The van der Waals surface area contributed by atoms with Gasteiger partial charge in [-0.15, -0.1) is 0 Å². The molecule has 0 aliphatic rings. The fourth-order valence-electron chi connectivity index (χ4n) is 1.50. The third-order valence-corrected chi connectivity index (χ3v) is 2.38. The highest BCUT2D eigenvalue weighted by molar-refractivity contribution is 5.96. The lowest BCUT2D eigenvalue weighted by Gasteiger charge is -2.10. The van der Waals surface area contributed by atoms with Crippen LogP contribution >= 0.6 is 0 Å². The van der Waals surface area contributed by atoms with E-state index in [1.165, 1.54) is 7.11 Å². The molecule has 0 saturated carbocycles. The lowest BCUT2D eigenvalue weighted by molar-refractivity contribution is 0.0950. The Bertz CT molecular complexity index is 380. The van der Waals surface area contributed by atoms with Gasteiger partial charge in [-0.2, -0.15) is 0 Å². The summed E-state index contributed by atoms with van der Waals surface area (Å²) in [5.41, 5.74) is 0.524. The van der Waals surface area contributed by atoms with Crippen LogP contribution in [-0.2, 0) is 0 Å². The molecule has 0 bridgehead atoms. The molecular formula is C13H20N2O3. The number of nitrogens with one attached hydrogen (secondary N) is 2. The van der Waals surface area contributed by atoms with E-state index in [-0.39, 0.29) is 12.0 Å². The molecule has 0 aliphatic heterocycles. The van der Waals surface area contributed by atoms with Gasteiger partial charge in [0.2, 0.25) is 0 Å². The Morgan fingerprint density at radius 3 is 2.78 bits per heavy atom. The van der Waals surface area contributed by atoms with Crippen molar-refractivity contribution in [3.05, 3.63) is 29.8 Å². The highest BCUT2D eigenvalue weighted by atomic mass is 16.5. The minimum absolute atomic E-state index is 0.161. The number of ether oxygens (including phenoxy) is 1. The van der Waals surface area contributed by atoms with E-state index < -0.39 is 0 Å². The van der Waals surface area contributed by atoms with Crippen molar-refractivity contribution >= 4 is 5.91 Å². The number of hydrogen-bond acceptors (Lipinski definition) is 4. The molecule has 0 aromatic heterocycles. The Labute approximate surface area is 107 Å². The molecule has 18 heavy (non-hydrogen) atoms. The molecule has 5 nitrogen and oxygen atoms in total. The first kappa shape index (κ1) is 14.5. The summed E-state index contributed by atoms with van der Waals surface area (Å²) in [4.78, 5) is 11.9. The van der Waals surface area contributed by atoms with Gasteiger partial charge < -0.3 is 20.5 Å². The molecule has 1 aromatic rings. The highest BCUT2D eigenvalue weighted by Crippen LogP contribution is 2.16. The number of carbonyl (C=O) groups is 1. The summed E-state index contributed by atoms with van der Waals surface area (Å²) in [6, 6.07) is 7.08. The second-order valence-electron chi connectivity index (χ2n) is 4.01. The van der Waals surface area contributed by atoms with Gasteiger partial charge in [-0.3, -0.25) is 4.79 Å². The maximum absolute atomic E-state index is 11.9. The van der Waals surface area contributed by atoms with Crippen molar-refractivity contribution in [2.24, 2.45) is 0 Å². The van der Waals surface area contributed by atoms with Crippen molar-refractivity contribution in [2.75, 3.05) is 26.7 Å². The molecule has 0 saturated heterocycles. The number of amides is 1. The number of methoxy groups -OCH3 is 1. The predicted octanol–water partition coefficient (Wildman–Crippen LogP) is 0.395. The van der Waals surface area contributed by atoms with Crippen LogP contribution in [0.1, 0.15) is 17.3 Å². The average molecular weight is 252 g/mol. The van der Waals surface area contributed by atoms with Crippen LogP contribution in [0, 0.1) is 0 Å². The SMILES string of the molecule is COc1ccccc1C(=O)NCCNCC(C)O. The number of aliphatic hydroxyl groups excluding tert-OH is 1. The molecule has 0 fully saturated rings. The van der Waals surface area contributed by atoms with Gasteiger partial charge in [-0.25, -0.2) is 0 Å². The molecule has 1 atom stereocenters. The second-order valence-corrected chi connectivity index (χ2v) is 4.01. The van der Waals surface area contributed by atoms with Crippen molar-refractivity contribution in [3.63, 3.8) is 0 Å². The molecule has 1 rings (SSSR count). The Balaban J connectivity index is 2.36. The minimum Gasteiger partial charge on any atom is -0.496 e. The van der Waals surface area contributed by atoms with Crippen molar-refractivity contribution in [1.82, 2.24) is 10.6 Å². The van der Waals surface area contributed by atoms with E-state index in [1.54, 1.807) is 25.1 Å². The van der Waals surface area contributed by atoms with Gasteiger partial charge in [0.1, 0.15) is 5.75 Å². The van der Waals surface area contributed by atoms with Crippen molar-refractivity contribution < 1.29 is 14.6 Å². The van der Waals surface area contributed by atoms with Crippen LogP contribution in [0.3, 0.4) is 0 Å². The molecular weight excluding hydrogens is 232 g/mol. The molecule has 0 heterocycles. The average Bonchev–Trinajstić information content (AvgIpc) is 2.37. The molecule has 0 aliphatic carbocycles. The van der Waals surface area contributed by atoms with Gasteiger partial charge >= 0.3 is 0 Å². The van der Waals surface area contributed by atoms with Crippen LogP contribution < -0.4 is 15.4 Å². The quantitative estimate of drug-likeness (QED) is 0.614. The Hall–Kier alpha value is -1.59. The van der Waals surface area contributed by atoms with E-state index in [4.69, 9.17) is 9.84 Å². The summed E-state index contributed by atoms with van der Waals surface area (Å²) in [5, 5.41) is 14.8. The Morgan fingerprint density at radius 2 is 2.11 bits per heavy atom. The van der Waals surface area contributed by atoms with E-state index >= 15 is 0 Å². The van der Waals surface area contributed by atoms with Crippen molar-refractivity contribution in [1.29, 1.82) is 0 Å². The van der Waals surface area contributed by atoms with Gasteiger partial charge in [0, 0.05) is 19.6 Å². The number of aliphatic hydroxyl groups is 1. The first-order valence-electron chi connectivity index (χ1n) is 5.95. The molecule has 5 heteroatoms. The van der Waals surface area contributed by atoms with Gasteiger partial charge in [0.25, 0.3) is 5.91 Å². The standard InChI is InChI=1S/C13H20N2O3/c1-10(16)9-14-7-8-15-13(17)11-5-3-4-6-12(11)18-2/h3-6,10,14,16H,7-9H2,1-2H3,(H,15,17). The fraction of sp³-hybridized carbons (Fsp3) is 0.462. The lowest BCUT2D eigenvalue weighted by Crippen LogP contribution is -2.34. The number of hydrogen-bond donors (Lipinski definition) is 3. The minimum atomic E-state index is -0.380. The van der Waals surface area contributed by atoms with Gasteiger partial charge in [-0.05, 0) is 19.1 Å². The van der Waals surface area contributed by atoms with Crippen LogP contribution in [0.15, 0.2) is 24.3 Å². The van der Waals surface area contributed by atoms with Gasteiger partial charge in [0.15, 0.2) is 0 Å². The maximum Gasteiger partial charge on any atom is 0.255 e. The molecule has 1 aromatic carbocycles. The van der Waals surface area contributed by atoms with E-state index in [0.29, 0.717) is 30.9 Å². The summed E-state index contributed by atoms with van der Waals surface area (Å²) in [6.07, 6.45) is -0.380. The molecule has 100 valence electrons. The fourth-order valence-corrected chi connectivity index (χ4v) is 1.50. The smallest absolute Gasteiger partial charge is 0.255 e. The number of carbonyl (C=O) groups excluding carboxylic acids is 1. The normalized spacial score (nSPS) is 11.9. The molecule has 0 radical (unpaired) electrons. The van der Waals surface area contributed by atoms with Gasteiger partial charge in [-0.1, -0.05) is 12.1 Å². The third-order valence-electron chi connectivity index (χ3n) is 2.38. The van der Waals surface area contributed by atoms with E-state index in [0.717, 1.165) is 0 Å². The monoisotopic (exact) mass is 252 g/mol. The second kappa shape index (κ2) is 7.68. The summed E-state index contributed by atoms with van der Waals surface area (Å²) in [6.45, 7) is 3.35. The zero-order valence-electron chi connectivity index (χ0n) is 10.8. The van der Waals surface area contributed by atoms with E-state index in [1.807, 2.05) is 6.07 Å². The highest BCUT2D eigenvalue weighted by Gasteiger charge is 2.10. The Kier molecular flexibility index (Phi) is 6.18. The summed E-state index contributed by atoms with van der Waals surface area (Å²) in [7, 11) is 1.54. The van der Waals surface area contributed by atoms with Crippen LogP contribution in [0.4, 0.5) is 0 Å². The summed E-state index contributed by atoms with van der Waals surface area (Å²) >= 11 is 0. The zero-order chi connectivity index (χ0) is 13.4. The van der Waals surface area contributed by atoms with Crippen molar-refractivity contribution in [3.8, 4) is 5.75 Å². The van der Waals surface area contributed by atoms with Crippen LogP contribution in [0.2, 0.25) is 0 Å². The summed E-state index contributed by atoms with van der Waals surface area (Å²) < 4.78 is 5.12. The molecule has 0 spiro atoms. The van der Waals surface area contributed by atoms with Crippen LogP contribution in [0.25, 0.3) is 0 Å². The van der Waals surface area contributed by atoms with Crippen LogP contribution in [0.5, 0.6) is 5.75 Å².